The van der Waals surface area contributed by atoms with E-state index in [-0.39, 0.29) is 12.1 Å². The summed E-state index contributed by atoms with van der Waals surface area (Å²) in [6, 6.07) is 25.3. The molecule has 28 heavy (non-hydrogen) atoms. The van der Waals surface area contributed by atoms with Crippen LogP contribution in [0.1, 0.15) is 23.5 Å². The van der Waals surface area contributed by atoms with Crippen molar-refractivity contribution in [2.45, 2.75) is 12.1 Å². The fourth-order valence-corrected chi connectivity index (χ4v) is 4.27. The first-order valence-electron chi connectivity index (χ1n) is 9.33. The number of hydrogen-bond acceptors (Lipinski definition) is 2. The normalized spacial score (nSPS) is 19.2. The van der Waals surface area contributed by atoms with E-state index >= 15 is 0 Å². The number of likely N-dealkylation sites (N-methyl/N-ethyl adjacent to an activating group) is 1. The molecule has 1 saturated heterocycles. The summed E-state index contributed by atoms with van der Waals surface area (Å²) in [5, 5.41) is 6.66. The van der Waals surface area contributed by atoms with Gasteiger partial charge >= 0.3 is 0 Å². The Bertz CT molecular complexity index is 1150. The van der Waals surface area contributed by atoms with Crippen molar-refractivity contribution in [3.05, 3.63) is 96.6 Å². The van der Waals surface area contributed by atoms with Gasteiger partial charge in [-0.05, 0) is 59.4 Å². The zero-order chi connectivity index (χ0) is 19.1. The molecule has 0 radical (unpaired) electrons. The van der Waals surface area contributed by atoms with Crippen LogP contribution in [0, 0.1) is 0 Å². The molecule has 2 aromatic heterocycles. The lowest BCUT2D eigenvalue weighted by Gasteiger charge is -2.26. The zero-order valence-corrected chi connectivity index (χ0v) is 16.3. The smallest absolute Gasteiger partial charge is 0.169 e. The monoisotopic (exact) mass is 384 g/mol. The molecule has 1 aliphatic heterocycles. The van der Waals surface area contributed by atoms with Crippen molar-refractivity contribution < 1.29 is 0 Å². The lowest BCUT2D eigenvalue weighted by Crippen LogP contribution is -2.25. The predicted octanol–water partition coefficient (Wildman–Crippen LogP) is 4.63. The molecule has 5 rings (SSSR count). The van der Waals surface area contributed by atoms with E-state index in [0.29, 0.717) is 0 Å². The summed E-state index contributed by atoms with van der Waals surface area (Å²) >= 11 is 5.57. The second-order valence-corrected chi connectivity index (χ2v) is 7.46. The van der Waals surface area contributed by atoms with Crippen LogP contribution in [0.4, 0.5) is 0 Å². The lowest BCUT2D eigenvalue weighted by molar-refractivity contribution is 0.357. The maximum absolute atomic E-state index is 5.57. The van der Waals surface area contributed by atoms with Gasteiger partial charge in [-0.3, -0.25) is 4.98 Å². The van der Waals surface area contributed by atoms with Crippen molar-refractivity contribution in [2.75, 3.05) is 7.05 Å². The quantitative estimate of drug-likeness (QED) is 0.522. The van der Waals surface area contributed by atoms with Gasteiger partial charge in [0.15, 0.2) is 5.11 Å². The summed E-state index contributed by atoms with van der Waals surface area (Å²) in [4.78, 5) is 6.70. The summed E-state index contributed by atoms with van der Waals surface area (Å²) in [6.07, 6.45) is 3.95. The summed E-state index contributed by atoms with van der Waals surface area (Å²) < 4.78 is 2.25. The third-order valence-corrected chi connectivity index (χ3v) is 5.84. The largest absolute Gasteiger partial charge is 0.352 e. The van der Waals surface area contributed by atoms with E-state index in [0.717, 1.165) is 16.5 Å². The summed E-state index contributed by atoms with van der Waals surface area (Å²) in [6.45, 7) is 0. The maximum Gasteiger partial charge on any atom is 0.169 e. The van der Waals surface area contributed by atoms with E-state index in [1.807, 2.05) is 25.4 Å². The van der Waals surface area contributed by atoms with Gasteiger partial charge < -0.3 is 14.8 Å². The molecule has 0 amide bonds. The van der Waals surface area contributed by atoms with Gasteiger partial charge in [0, 0.05) is 30.8 Å². The molecular weight excluding hydrogens is 364 g/mol. The number of thiocarbonyl (C=S) groups is 1. The molecule has 2 aromatic carbocycles. The summed E-state index contributed by atoms with van der Waals surface area (Å²) in [5.74, 6) is 0. The summed E-state index contributed by atoms with van der Waals surface area (Å²) in [5.41, 5.74) is 3.32. The summed E-state index contributed by atoms with van der Waals surface area (Å²) in [7, 11) is 2.04. The molecule has 4 aromatic rings. The minimum Gasteiger partial charge on any atom is -0.352 e. The Morgan fingerprint density at radius 2 is 1.75 bits per heavy atom. The van der Waals surface area contributed by atoms with Gasteiger partial charge in [-0.2, -0.15) is 0 Å². The third-order valence-electron chi connectivity index (χ3n) is 5.43. The first-order valence-corrected chi connectivity index (χ1v) is 9.74. The molecule has 0 saturated carbocycles. The Labute approximate surface area is 169 Å². The van der Waals surface area contributed by atoms with E-state index in [1.165, 1.54) is 16.5 Å². The van der Waals surface area contributed by atoms with Crippen LogP contribution in [0.3, 0.4) is 0 Å². The average molecular weight is 385 g/mol. The Kier molecular flexibility index (Phi) is 4.10. The van der Waals surface area contributed by atoms with Crippen LogP contribution in [0.5, 0.6) is 0 Å². The first kappa shape index (κ1) is 17.0. The number of nitrogens with zero attached hydrogens (tertiary/aromatic N) is 3. The molecule has 138 valence electrons. The highest BCUT2D eigenvalue weighted by Gasteiger charge is 2.39. The molecule has 0 aliphatic carbocycles. The Morgan fingerprint density at radius 3 is 2.57 bits per heavy atom. The second kappa shape index (κ2) is 6.77. The molecule has 0 spiro atoms. The van der Waals surface area contributed by atoms with Crippen LogP contribution in [0.25, 0.3) is 16.5 Å². The number of rotatable bonds is 3. The third kappa shape index (κ3) is 2.75. The number of hydrogen-bond donors (Lipinski definition) is 1. The maximum atomic E-state index is 5.57. The molecule has 0 unspecified atom stereocenters. The van der Waals surface area contributed by atoms with Gasteiger partial charge in [0.25, 0.3) is 0 Å². The fraction of sp³-hybridized carbons (Fsp3) is 0.130. The van der Waals surface area contributed by atoms with Gasteiger partial charge in [0.2, 0.25) is 0 Å². The van der Waals surface area contributed by atoms with Gasteiger partial charge in [0.1, 0.15) is 0 Å². The minimum absolute atomic E-state index is 0.00723. The van der Waals surface area contributed by atoms with Crippen LogP contribution >= 0.6 is 12.2 Å². The topological polar surface area (TPSA) is 33.1 Å². The molecule has 3 heterocycles. The van der Waals surface area contributed by atoms with E-state index in [9.17, 15) is 0 Å². The van der Waals surface area contributed by atoms with Crippen LogP contribution < -0.4 is 5.32 Å². The minimum atomic E-state index is 0.00723. The number of nitrogens with one attached hydrogen (secondary N) is 1. The lowest BCUT2D eigenvalue weighted by atomic mass is 10.0. The van der Waals surface area contributed by atoms with Gasteiger partial charge in [0.05, 0.1) is 17.8 Å². The highest BCUT2D eigenvalue weighted by Crippen LogP contribution is 2.38. The predicted molar refractivity (Wildman–Crippen MR) is 116 cm³/mol. The van der Waals surface area contributed by atoms with E-state index in [4.69, 9.17) is 12.2 Å². The van der Waals surface area contributed by atoms with Crippen molar-refractivity contribution in [3.8, 4) is 5.69 Å². The van der Waals surface area contributed by atoms with Crippen molar-refractivity contribution in [2.24, 2.45) is 0 Å². The molecule has 2 atom stereocenters. The van der Waals surface area contributed by atoms with Crippen molar-refractivity contribution >= 4 is 28.1 Å². The van der Waals surface area contributed by atoms with Crippen LogP contribution in [0.15, 0.2) is 85.2 Å². The highest BCUT2D eigenvalue weighted by molar-refractivity contribution is 7.80. The van der Waals surface area contributed by atoms with Crippen LogP contribution in [-0.2, 0) is 0 Å². The van der Waals surface area contributed by atoms with Crippen LogP contribution in [-0.4, -0.2) is 26.6 Å². The standard InChI is InChI=1S/C23H20N4S/c1-26-22(21(25-23(26)28)19-9-4-5-13-24-19)20-10-6-14-27(20)18-12-11-16-7-2-3-8-17(16)15-18/h2-15,21-22H,1H3,(H,25,28)/t21-,22-/m1/s1. The van der Waals surface area contributed by atoms with Crippen molar-refractivity contribution in [1.82, 2.24) is 19.8 Å². The molecule has 4 nitrogen and oxygen atoms in total. The van der Waals surface area contributed by atoms with Gasteiger partial charge in [-0.25, -0.2) is 0 Å². The second-order valence-electron chi connectivity index (χ2n) is 7.07. The van der Waals surface area contributed by atoms with Gasteiger partial charge in [-0.15, -0.1) is 0 Å². The molecule has 0 bridgehead atoms. The number of fused-ring (bicyclic) bond motifs is 1. The Balaban J connectivity index is 1.61. The number of pyridine rings is 1. The number of aromatic nitrogens is 2. The van der Waals surface area contributed by atoms with Gasteiger partial charge in [-0.1, -0.05) is 36.4 Å². The molecular formula is C23H20N4S. The fourth-order valence-electron chi connectivity index (χ4n) is 4.03. The Morgan fingerprint density at radius 1 is 0.929 bits per heavy atom. The molecule has 1 fully saturated rings. The number of benzene rings is 2. The highest BCUT2D eigenvalue weighted by atomic mass is 32.1. The molecule has 5 heteroatoms. The zero-order valence-electron chi connectivity index (χ0n) is 15.5. The molecule has 1 N–H and O–H groups in total. The first-order chi connectivity index (χ1) is 13.7. The van der Waals surface area contributed by atoms with Crippen molar-refractivity contribution in [3.63, 3.8) is 0 Å². The van der Waals surface area contributed by atoms with E-state index in [2.05, 4.69) is 86.6 Å². The average Bonchev–Trinajstić information content (AvgIpc) is 3.33. The SMILES string of the molecule is CN1C(=S)N[C@H](c2ccccn2)[C@H]1c1cccn1-c1ccc2ccccc2c1. The van der Waals surface area contributed by atoms with Crippen molar-refractivity contribution in [1.29, 1.82) is 0 Å². The van der Waals surface area contributed by atoms with Crippen LogP contribution in [0.2, 0.25) is 0 Å². The van der Waals surface area contributed by atoms with E-state index < -0.39 is 0 Å². The molecule has 1 aliphatic rings. The van der Waals surface area contributed by atoms with E-state index in [1.54, 1.807) is 0 Å². The Hall–Kier alpha value is -3.18.